The molecule has 196 valence electrons. The first-order chi connectivity index (χ1) is 18.0. The summed E-state index contributed by atoms with van der Waals surface area (Å²) in [4.78, 5) is 24.1. The summed E-state index contributed by atoms with van der Waals surface area (Å²) in [5.41, 5.74) is 2.56. The first-order valence-corrected chi connectivity index (χ1v) is 13.8. The molecule has 0 amide bonds. The van der Waals surface area contributed by atoms with Gasteiger partial charge in [-0.1, -0.05) is 70.1 Å². The number of carboxylic acids is 1. The molecule has 0 saturated heterocycles. The maximum atomic E-state index is 12.8. The molecule has 1 atom stereocenters. The number of benzene rings is 3. The van der Waals surface area contributed by atoms with Gasteiger partial charge in [-0.25, -0.2) is 4.79 Å². The lowest BCUT2D eigenvalue weighted by atomic mass is 9.84. The molecule has 0 heterocycles. The number of aryl methyl sites for hydroxylation is 1. The molecule has 0 spiro atoms. The van der Waals surface area contributed by atoms with Crippen LogP contribution in [0, 0.1) is 5.92 Å². The average molecular weight is 503 g/mol. The number of hydrogen-bond donors (Lipinski definition) is 1. The van der Waals surface area contributed by atoms with Crippen molar-refractivity contribution in [1.29, 1.82) is 0 Å². The van der Waals surface area contributed by atoms with Crippen LogP contribution in [0.15, 0.2) is 54.6 Å². The van der Waals surface area contributed by atoms with Crippen molar-refractivity contribution in [1.82, 2.24) is 0 Å². The van der Waals surface area contributed by atoms with E-state index in [1.54, 1.807) is 12.1 Å². The van der Waals surface area contributed by atoms with E-state index in [1.807, 2.05) is 42.5 Å². The zero-order valence-corrected chi connectivity index (χ0v) is 21.8. The summed E-state index contributed by atoms with van der Waals surface area (Å²) in [6.45, 7) is 2.97. The standard InChI is InChI=1S/C32H38O5/c1-2-3-4-5-6-7-8-9-18-36-29-16-14-24-20-28(13-11-25(24)21-29)32(35)37-30-17-15-23-19-27(31(33)34)12-10-26(23)22-30/h11,13-17,20-22,27H,2-10,12,18-19H2,1H3,(H,33,34). The minimum atomic E-state index is -0.750. The molecule has 4 rings (SSSR count). The number of carbonyl (C=O) groups excluding carboxylic acids is 1. The van der Waals surface area contributed by atoms with Crippen molar-refractivity contribution in [2.24, 2.45) is 5.92 Å². The van der Waals surface area contributed by atoms with E-state index in [0.717, 1.165) is 40.7 Å². The highest BCUT2D eigenvalue weighted by Crippen LogP contribution is 2.29. The van der Waals surface area contributed by atoms with Crippen LogP contribution in [0.5, 0.6) is 11.5 Å². The molecule has 0 aliphatic heterocycles. The Bertz CT molecular complexity index is 1220. The zero-order valence-electron chi connectivity index (χ0n) is 21.8. The third kappa shape index (κ3) is 7.58. The van der Waals surface area contributed by atoms with Gasteiger partial charge in [-0.15, -0.1) is 0 Å². The fourth-order valence-corrected chi connectivity index (χ4v) is 5.04. The van der Waals surface area contributed by atoms with Crippen molar-refractivity contribution in [3.8, 4) is 11.5 Å². The zero-order chi connectivity index (χ0) is 26.0. The van der Waals surface area contributed by atoms with E-state index in [9.17, 15) is 14.7 Å². The van der Waals surface area contributed by atoms with Crippen LogP contribution < -0.4 is 9.47 Å². The third-order valence-electron chi connectivity index (χ3n) is 7.28. The lowest BCUT2D eigenvalue weighted by Crippen LogP contribution is -2.22. The molecular weight excluding hydrogens is 464 g/mol. The number of unbranched alkanes of at least 4 members (excludes halogenated alkanes) is 7. The van der Waals surface area contributed by atoms with Gasteiger partial charge in [0, 0.05) is 0 Å². The van der Waals surface area contributed by atoms with Gasteiger partial charge in [0.2, 0.25) is 0 Å². The highest BCUT2D eigenvalue weighted by molar-refractivity contribution is 5.96. The molecule has 37 heavy (non-hydrogen) atoms. The van der Waals surface area contributed by atoms with Crippen molar-refractivity contribution >= 4 is 22.7 Å². The monoisotopic (exact) mass is 502 g/mol. The Balaban J connectivity index is 1.28. The highest BCUT2D eigenvalue weighted by Gasteiger charge is 2.24. The second-order valence-electron chi connectivity index (χ2n) is 10.1. The number of rotatable bonds is 13. The van der Waals surface area contributed by atoms with Gasteiger partial charge in [-0.05, 0) is 84.0 Å². The summed E-state index contributed by atoms with van der Waals surface area (Å²) in [5.74, 6) is -0.155. The van der Waals surface area contributed by atoms with Crippen molar-refractivity contribution < 1.29 is 24.2 Å². The Morgan fingerprint density at radius 1 is 0.811 bits per heavy atom. The summed E-state index contributed by atoms with van der Waals surface area (Å²) in [5, 5.41) is 11.2. The lowest BCUT2D eigenvalue weighted by Gasteiger charge is -2.21. The maximum Gasteiger partial charge on any atom is 0.343 e. The second-order valence-corrected chi connectivity index (χ2v) is 10.1. The fraction of sp³-hybridized carbons (Fsp3) is 0.438. The predicted molar refractivity (Wildman–Crippen MR) is 147 cm³/mol. The van der Waals surface area contributed by atoms with Gasteiger partial charge in [0.25, 0.3) is 0 Å². The molecule has 1 N–H and O–H groups in total. The van der Waals surface area contributed by atoms with Crippen LogP contribution in [0.2, 0.25) is 0 Å². The van der Waals surface area contributed by atoms with E-state index in [0.29, 0.717) is 30.6 Å². The molecule has 5 nitrogen and oxygen atoms in total. The Kier molecular flexibility index (Phi) is 9.58. The topological polar surface area (TPSA) is 72.8 Å². The van der Waals surface area contributed by atoms with Crippen LogP contribution in [0.4, 0.5) is 0 Å². The SMILES string of the molecule is CCCCCCCCCCOc1ccc2cc(C(=O)Oc3ccc4c(c3)CCC(C(=O)O)C4)ccc2c1. The molecule has 0 aromatic heterocycles. The van der Waals surface area contributed by atoms with Gasteiger partial charge in [-0.2, -0.15) is 0 Å². The Labute approximate surface area is 219 Å². The third-order valence-corrected chi connectivity index (χ3v) is 7.28. The molecule has 0 fully saturated rings. The minimum absolute atomic E-state index is 0.338. The molecule has 3 aromatic rings. The largest absolute Gasteiger partial charge is 0.494 e. The van der Waals surface area contributed by atoms with Gasteiger partial charge in [-0.3, -0.25) is 4.79 Å². The second kappa shape index (κ2) is 13.3. The van der Waals surface area contributed by atoms with Gasteiger partial charge < -0.3 is 14.6 Å². The molecular formula is C32H38O5. The predicted octanol–water partition coefficient (Wildman–Crippen LogP) is 7.77. The first kappa shape index (κ1) is 26.7. The molecule has 0 radical (unpaired) electrons. The number of aliphatic carboxylic acids is 1. The first-order valence-electron chi connectivity index (χ1n) is 13.8. The van der Waals surface area contributed by atoms with Crippen LogP contribution in [-0.4, -0.2) is 23.7 Å². The molecule has 0 bridgehead atoms. The summed E-state index contributed by atoms with van der Waals surface area (Å²) in [6.07, 6.45) is 12.0. The summed E-state index contributed by atoms with van der Waals surface area (Å²) in [6, 6.07) is 17.0. The molecule has 0 saturated carbocycles. The normalized spacial score (nSPS) is 14.8. The molecule has 1 aliphatic rings. The molecule has 5 heteroatoms. The Hall–Kier alpha value is -3.34. The van der Waals surface area contributed by atoms with Crippen LogP contribution in [-0.2, 0) is 17.6 Å². The quantitative estimate of drug-likeness (QED) is 0.147. The number of ether oxygens (including phenoxy) is 2. The highest BCUT2D eigenvalue weighted by atomic mass is 16.5. The number of esters is 1. The van der Waals surface area contributed by atoms with Gasteiger partial charge in [0.05, 0.1) is 18.1 Å². The minimum Gasteiger partial charge on any atom is -0.494 e. The molecule has 1 unspecified atom stereocenters. The van der Waals surface area contributed by atoms with Crippen LogP contribution >= 0.6 is 0 Å². The summed E-state index contributed by atoms with van der Waals surface area (Å²) < 4.78 is 11.6. The van der Waals surface area contributed by atoms with Crippen molar-refractivity contribution in [2.75, 3.05) is 6.61 Å². The van der Waals surface area contributed by atoms with Crippen LogP contribution in [0.1, 0.15) is 86.2 Å². The van der Waals surface area contributed by atoms with E-state index in [-0.39, 0.29) is 5.92 Å². The van der Waals surface area contributed by atoms with Crippen molar-refractivity contribution in [2.45, 2.75) is 77.6 Å². The van der Waals surface area contributed by atoms with E-state index < -0.39 is 11.9 Å². The number of hydrogen-bond acceptors (Lipinski definition) is 4. The van der Waals surface area contributed by atoms with E-state index in [2.05, 4.69) is 6.92 Å². The average Bonchev–Trinajstić information content (AvgIpc) is 2.91. The van der Waals surface area contributed by atoms with Crippen LogP contribution in [0.25, 0.3) is 10.8 Å². The molecule has 1 aliphatic carbocycles. The Morgan fingerprint density at radius 2 is 1.51 bits per heavy atom. The number of carbonyl (C=O) groups is 2. The van der Waals surface area contributed by atoms with Gasteiger partial charge in [0.1, 0.15) is 11.5 Å². The fourth-order valence-electron chi connectivity index (χ4n) is 5.04. The van der Waals surface area contributed by atoms with Crippen molar-refractivity contribution in [3.05, 3.63) is 71.3 Å². The summed E-state index contributed by atoms with van der Waals surface area (Å²) >= 11 is 0. The molecule has 3 aromatic carbocycles. The lowest BCUT2D eigenvalue weighted by molar-refractivity contribution is -0.142. The Morgan fingerprint density at radius 3 is 2.30 bits per heavy atom. The van der Waals surface area contributed by atoms with E-state index in [4.69, 9.17) is 9.47 Å². The van der Waals surface area contributed by atoms with Crippen LogP contribution in [0.3, 0.4) is 0 Å². The maximum absolute atomic E-state index is 12.8. The van der Waals surface area contributed by atoms with Crippen molar-refractivity contribution in [3.63, 3.8) is 0 Å². The number of fused-ring (bicyclic) bond motifs is 2. The van der Waals surface area contributed by atoms with E-state index >= 15 is 0 Å². The smallest absolute Gasteiger partial charge is 0.343 e. The van der Waals surface area contributed by atoms with E-state index in [1.165, 1.54) is 44.9 Å². The van der Waals surface area contributed by atoms with Gasteiger partial charge in [0.15, 0.2) is 0 Å². The summed E-state index contributed by atoms with van der Waals surface area (Å²) in [7, 11) is 0. The van der Waals surface area contributed by atoms with Gasteiger partial charge >= 0.3 is 11.9 Å². The number of carboxylic acid groups (broad SMARTS) is 1.